The summed E-state index contributed by atoms with van der Waals surface area (Å²) in [5.74, 6) is 0. The van der Waals surface area contributed by atoms with Crippen LogP contribution in [0.4, 0.5) is 4.79 Å². The van der Waals surface area contributed by atoms with E-state index in [1.54, 1.807) is 0 Å². The normalized spacial score (nSPS) is 4.00. The number of hydrogen-bond donors (Lipinski definition) is 1. The van der Waals surface area contributed by atoms with E-state index in [1.165, 1.54) is 0 Å². The van der Waals surface area contributed by atoms with Crippen molar-refractivity contribution in [1.82, 2.24) is 6.15 Å². The molecular weight excluding hydrogens is 90.0 g/mol. The van der Waals surface area contributed by atoms with Gasteiger partial charge in [-0.15, -0.1) is 0 Å². The molecule has 0 saturated carbocycles. The van der Waals surface area contributed by atoms with Crippen molar-refractivity contribution in [2.24, 2.45) is 0 Å². The predicted molar refractivity (Wildman–Crippen MR) is 13.3 cm³/mol. The van der Waals surface area contributed by atoms with Gasteiger partial charge in [0.2, 0.25) is 0 Å². The Labute approximate surface area is 34.1 Å². The number of carboxylic acid groups (broad SMARTS) is 2. The summed E-state index contributed by atoms with van der Waals surface area (Å²) in [4.78, 5) is 8.33. The standard InChI is InChI=1S/CH2O3.H3N.H2O/c2-1(3)4;;/h(H2,2,3,4);1H3;1H2/p-2. The van der Waals surface area contributed by atoms with Crippen LogP contribution in [0.1, 0.15) is 0 Å². The lowest BCUT2D eigenvalue weighted by Crippen LogP contribution is -2.37. The van der Waals surface area contributed by atoms with Crippen LogP contribution < -0.4 is 16.4 Å². The van der Waals surface area contributed by atoms with Crippen molar-refractivity contribution in [3.05, 3.63) is 0 Å². The van der Waals surface area contributed by atoms with Crippen LogP contribution >= 0.6 is 0 Å². The highest BCUT2D eigenvalue weighted by molar-refractivity contribution is 5.47. The van der Waals surface area contributed by atoms with Crippen molar-refractivity contribution in [1.29, 1.82) is 0 Å². The monoisotopic (exact) mass is 95.0 g/mol. The predicted octanol–water partition coefficient (Wildman–Crippen LogP) is -2.25. The molecule has 6 heavy (non-hydrogen) atoms. The zero-order chi connectivity index (χ0) is 3.58. The van der Waals surface area contributed by atoms with Gasteiger partial charge in [0, 0.05) is 0 Å². The maximum Gasteiger partial charge on any atom is -0.0431 e. The fraction of sp³-hybridized carbons (Fsp3) is 0. The smallest absolute Gasteiger partial charge is 0.0431 e. The third-order valence-corrected chi connectivity index (χ3v) is 0. The van der Waals surface area contributed by atoms with Gasteiger partial charge in [0.25, 0.3) is 0 Å². The lowest BCUT2D eigenvalue weighted by atomic mass is 11.5. The molecule has 0 fully saturated rings. The SMILES string of the molecule is O=C([O-])[O-].[NH4+].[OH-]. The summed E-state index contributed by atoms with van der Waals surface area (Å²) in [6.45, 7) is 0. The molecule has 0 amide bonds. The fourth-order valence-electron chi connectivity index (χ4n) is 0. The molecule has 5 heteroatoms. The molecule has 0 spiro atoms. The molecule has 0 aromatic rings. The summed E-state index contributed by atoms with van der Waals surface area (Å²) in [5.41, 5.74) is 0. The first-order chi connectivity index (χ1) is 1.73. The van der Waals surface area contributed by atoms with E-state index in [0.29, 0.717) is 0 Å². The highest BCUT2D eigenvalue weighted by Gasteiger charge is 1.26. The Morgan fingerprint density at radius 2 is 1.33 bits per heavy atom. The first-order valence-corrected chi connectivity index (χ1v) is 0.612. The lowest BCUT2D eigenvalue weighted by molar-refractivity contribution is -0.415. The molecule has 40 valence electrons. The zero-order valence-corrected chi connectivity index (χ0v) is 3.17. The van der Waals surface area contributed by atoms with E-state index < -0.39 is 6.16 Å². The lowest BCUT2D eigenvalue weighted by Gasteiger charge is -1.96. The average molecular weight is 95.1 g/mol. The van der Waals surface area contributed by atoms with Crippen molar-refractivity contribution in [2.75, 3.05) is 0 Å². The van der Waals surface area contributed by atoms with Crippen LogP contribution in [-0.4, -0.2) is 11.6 Å². The van der Waals surface area contributed by atoms with Gasteiger partial charge in [0.15, 0.2) is 0 Å². The van der Waals surface area contributed by atoms with Gasteiger partial charge in [-0.1, -0.05) is 0 Å². The average Bonchev–Trinajstić information content (AvgIpc) is 0.811. The third kappa shape index (κ3) is 23.3. The van der Waals surface area contributed by atoms with E-state index in [0.717, 1.165) is 0 Å². The van der Waals surface area contributed by atoms with Crippen LogP contribution in [0.15, 0.2) is 0 Å². The molecule has 0 atom stereocenters. The van der Waals surface area contributed by atoms with Gasteiger partial charge in [-0.05, 0) is 6.16 Å². The largest absolute Gasteiger partial charge is 0.870 e. The second-order valence-corrected chi connectivity index (χ2v) is 0.250. The summed E-state index contributed by atoms with van der Waals surface area (Å²) in [6, 6.07) is 0. The third-order valence-electron chi connectivity index (χ3n) is 0. The molecule has 0 aromatic heterocycles. The number of hydrogen-bond acceptors (Lipinski definition) is 4. The molecule has 0 aliphatic carbocycles. The molecule has 5 nitrogen and oxygen atoms in total. The van der Waals surface area contributed by atoms with E-state index in [2.05, 4.69) is 0 Å². The molecule has 0 saturated heterocycles. The summed E-state index contributed by atoms with van der Waals surface area (Å²) in [7, 11) is 0. The Morgan fingerprint density at radius 3 is 1.33 bits per heavy atom. The minimum absolute atomic E-state index is 0. The molecule has 0 bridgehead atoms. The summed E-state index contributed by atoms with van der Waals surface area (Å²) in [6.07, 6.45) is -2.33. The van der Waals surface area contributed by atoms with Crippen LogP contribution in [0.3, 0.4) is 0 Å². The molecule has 0 unspecified atom stereocenters. The molecule has 0 rings (SSSR count). The van der Waals surface area contributed by atoms with E-state index in [1.807, 2.05) is 0 Å². The van der Waals surface area contributed by atoms with E-state index in [-0.39, 0.29) is 11.6 Å². The number of quaternary nitrogens is 1. The van der Waals surface area contributed by atoms with Crippen LogP contribution in [-0.2, 0) is 0 Å². The molecule has 0 aliphatic heterocycles. The summed E-state index contributed by atoms with van der Waals surface area (Å²) < 4.78 is 0. The van der Waals surface area contributed by atoms with Crippen molar-refractivity contribution in [3.8, 4) is 0 Å². The Bertz CT molecular complexity index is 30.5. The number of carbonyl (C=O) groups excluding carboxylic acids is 1. The zero-order valence-electron chi connectivity index (χ0n) is 3.17. The highest BCUT2D eigenvalue weighted by Crippen LogP contribution is 1.21. The first-order valence-electron chi connectivity index (χ1n) is 0.612. The molecule has 0 aliphatic rings. The summed E-state index contributed by atoms with van der Waals surface area (Å²) in [5, 5.41) is 16.7. The second-order valence-electron chi connectivity index (χ2n) is 0.250. The summed E-state index contributed by atoms with van der Waals surface area (Å²) >= 11 is 0. The Morgan fingerprint density at radius 1 is 1.33 bits per heavy atom. The van der Waals surface area contributed by atoms with Gasteiger partial charge in [0.05, 0.1) is 0 Å². The van der Waals surface area contributed by atoms with Crippen molar-refractivity contribution in [3.63, 3.8) is 0 Å². The van der Waals surface area contributed by atoms with Gasteiger partial charge >= 0.3 is 0 Å². The first kappa shape index (κ1) is 19.0. The van der Waals surface area contributed by atoms with Crippen LogP contribution in [0.25, 0.3) is 0 Å². The quantitative estimate of drug-likeness (QED) is 0.364. The molecule has 0 heterocycles. The highest BCUT2D eigenvalue weighted by atomic mass is 16.6. The second kappa shape index (κ2) is 8.89. The van der Waals surface area contributed by atoms with Crippen LogP contribution in [0.5, 0.6) is 0 Å². The van der Waals surface area contributed by atoms with Gasteiger partial charge in [0.1, 0.15) is 0 Å². The van der Waals surface area contributed by atoms with E-state index >= 15 is 0 Å². The van der Waals surface area contributed by atoms with Gasteiger partial charge < -0.3 is 26.6 Å². The Kier molecular flexibility index (Phi) is 28.1. The Hall–Kier alpha value is -0.810. The van der Waals surface area contributed by atoms with Crippen molar-refractivity contribution in [2.45, 2.75) is 0 Å². The molecular formula is CH5NO4-2. The maximum absolute atomic E-state index is 8.33. The molecule has 0 aromatic carbocycles. The van der Waals surface area contributed by atoms with Crippen LogP contribution in [0, 0.1) is 0 Å². The van der Waals surface area contributed by atoms with Gasteiger partial charge in [-0.3, -0.25) is 0 Å². The fourth-order valence-corrected chi connectivity index (χ4v) is 0. The number of carbonyl (C=O) groups is 1. The van der Waals surface area contributed by atoms with Gasteiger partial charge in [-0.25, -0.2) is 0 Å². The van der Waals surface area contributed by atoms with E-state index in [4.69, 9.17) is 15.0 Å². The van der Waals surface area contributed by atoms with Gasteiger partial charge in [-0.2, -0.15) is 0 Å². The van der Waals surface area contributed by atoms with E-state index in [9.17, 15) is 0 Å². The maximum atomic E-state index is 8.33. The molecule has 5 N–H and O–H groups in total. The minimum atomic E-state index is -2.33. The Balaban J connectivity index is -0.0000000450. The van der Waals surface area contributed by atoms with Crippen LogP contribution in [0.2, 0.25) is 0 Å². The van der Waals surface area contributed by atoms with Crippen molar-refractivity contribution >= 4 is 6.16 Å². The minimum Gasteiger partial charge on any atom is -0.870 e. The molecule has 0 radical (unpaired) electrons. The topological polar surface area (TPSA) is 130 Å². The number of rotatable bonds is 0. The van der Waals surface area contributed by atoms with Crippen molar-refractivity contribution < 1.29 is 20.5 Å².